The van der Waals surface area contributed by atoms with Gasteiger partial charge in [0.2, 0.25) is 0 Å². The largest absolute Gasteiger partial charge is 0.381 e. The second-order valence-corrected chi connectivity index (χ2v) is 7.39. The zero-order valence-corrected chi connectivity index (χ0v) is 14.4. The minimum atomic E-state index is 0.335. The molecule has 0 spiro atoms. The fourth-order valence-electron chi connectivity index (χ4n) is 3.59. The van der Waals surface area contributed by atoms with Crippen molar-refractivity contribution in [3.05, 3.63) is 0 Å². The predicted octanol–water partition coefficient (Wildman–Crippen LogP) is 1.67. The van der Waals surface area contributed by atoms with E-state index in [1.54, 1.807) is 0 Å². The Kier molecular flexibility index (Phi) is 6.93. The molecule has 1 unspecified atom stereocenters. The second-order valence-electron chi connectivity index (χ2n) is 7.39. The number of nitrogens with zero attached hydrogens (tertiary/aromatic N) is 2. The van der Waals surface area contributed by atoms with Crippen LogP contribution in [0.5, 0.6) is 0 Å². The molecule has 2 heterocycles. The van der Waals surface area contributed by atoms with Crippen LogP contribution in [0.15, 0.2) is 0 Å². The van der Waals surface area contributed by atoms with Gasteiger partial charge in [-0.3, -0.25) is 0 Å². The molecular weight excluding hydrogens is 262 g/mol. The van der Waals surface area contributed by atoms with E-state index >= 15 is 0 Å². The van der Waals surface area contributed by atoms with Crippen molar-refractivity contribution in [2.24, 2.45) is 11.3 Å². The highest BCUT2D eigenvalue weighted by Gasteiger charge is 2.35. The number of nitrogens with one attached hydrogen (secondary N) is 1. The molecule has 124 valence electrons. The third-order valence-corrected chi connectivity index (χ3v) is 4.93. The maximum absolute atomic E-state index is 5.85. The van der Waals surface area contributed by atoms with Gasteiger partial charge in [-0.25, -0.2) is 0 Å². The summed E-state index contributed by atoms with van der Waals surface area (Å²) < 4.78 is 5.85. The fourth-order valence-corrected chi connectivity index (χ4v) is 3.59. The summed E-state index contributed by atoms with van der Waals surface area (Å²) in [5.41, 5.74) is 0.335. The van der Waals surface area contributed by atoms with E-state index in [0.717, 1.165) is 32.2 Å². The van der Waals surface area contributed by atoms with Crippen molar-refractivity contribution >= 4 is 0 Å². The van der Waals surface area contributed by atoms with Gasteiger partial charge in [-0.2, -0.15) is 0 Å². The molecule has 2 aliphatic heterocycles. The van der Waals surface area contributed by atoms with E-state index in [2.05, 4.69) is 35.9 Å². The number of rotatable bonds is 7. The molecule has 1 N–H and O–H groups in total. The van der Waals surface area contributed by atoms with E-state index in [4.69, 9.17) is 4.74 Å². The minimum Gasteiger partial charge on any atom is -0.381 e. The van der Waals surface area contributed by atoms with Crippen molar-refractivity contribution in [1.82, 2.24) is 15.1 Å². The summed E-state index contributed by atoms with van der Waals surface area (Å²) in [6, 6.07) is 0. The molecule has 1 atom stereocenters. The van der Waals surface area contributed by atoms with Crippen molar-refractivity contribution in [2.45, 2.75) is 33.6 Å². The van der Waals surface area contributed by atoms with E-state index in [0.29, 0.717) is 5.41 Å². The molecule has 2 fully saturated rings. The van der Waals surface area contributed by atoms with E-state index in [9.17, 15) is 0 Å². The van der Waals surface area contributed by atoms with Crippen LogP contribution in [0.4, 0.5) is 0 Å². The Morgan fingerprint density at radius 3 is 2.43 bits per heavy atom. The summed E-state index contributed by atoms with van der Waals surface area (Å²) in [6.45, 7) is 18.2. The summed E-state index contributed by atoms with van der Waals surface area (Å²) in [4.78, 5) is 5.22. The van der Waals surface area contributed by atoms with Gasteiger partial charge >= 0.3 is 0 Å². The number of hydrogen-bond donors (Lipinski definition) is 1. The lowest BCUT2D eigenvalue weighted by Gasteiger charge is -2.43. The normalized spacial score (nSPS) is 29.1. The highest BCUT2D eigenvalue weighted by atomic mass is 16.5. The molecule has 0 aliphatic carbocycles. The van der Waals surface area contributed by atoms with Gasteiger partial charge < -0.3 is 19.9 Å². The minimum absolute atomic E-state index is 0.335. The van der Waals surface area contributed by atoms with Crippen molar-refractivity contribution in [3.63, 3.8) is 0 Å². The molecule has 0 radical (unpaired) electrons. The van der Waals surface area contributed by atoms with Gasteiger partial charge in [0.05, 0.1) is 6.61 Å². The molecule has 0 saturated carbocycles. The number of ether oxygens (including phenoxy) is 1. The summed E-state index contributed by atoms with van der Waals surface area (Å²) >= 11 is 0. The molecular formula is C17H35N3O. The Bertz CT molecular complexity index is 282. The quantitative estimate of drug-likeness (QED) is 0.773. The Morgan fingerprint density at radius 1 is 1.14 bits per heavy atom. The van der Waals surface area contributed by atoms with Gasteiger partial charge in [0.15, 0.2) is 0 Å². The topological polar surface area (TPSA) is 27.7 Å². The van der Waals surface area contributed by atoms with Gasteiger partial charge in [-0.05, 0) is 31.8 Å². The van der Waals surface area contributed by atoms with Gasteiger partial charge in [0, 0.05) is 51.3 Å². The fraction of sp³-hybridized carbons (Fsp3) is 1.00. The standard InChI is InChI=1S/C17H35N3O/c1-4-19-7-9-20(10-8-19)14-17(6-5-11-21-15-17)13-18-12-16(2)3/h16,18H,4-15H2,1-3H3. The van der Waals surface area contributed by atoms with Crippen molar-refractivity contribution in [2.75, 3.05) is 65.6 Å². The smallest absolute Gasteiger partial charge is 0.0546 e. The summed E-state index contributed by atoms with van der Waals surface area (Å²) in [7, 11) is 0. The Hall–Kier alpha value is -0.160. The van der Waals surface area contributed by atoms with Crippen molar-refractivity contribution in [3.8, 4) is 0 Å². The Labute approximate surface area is 131 Å². The third-order valence-electron chi connectivity index (χ3n) is 4.93. The van der Waals surface area contributed by atoms with Gasteiger partial charge in [0.25, 0.3) is 0 Å². The van der Waals surface area contributed by atoms with Crippen LogP contribution in [-0.4, -0.2) is 75.4 Å². The van der Waals surface area contributed by atoms with Crippen LogP contribution in [0.2, 0.25) is 0 Å². The average Bonchev–Trinajstić information content (AvgIpc) is 2.48. The molecule has 2 rings (SSSR count). The van der Waals surface area contributed by atoms with Crippen LogP contribution < -0.4 is 5.32 Å². The van der Waals surface area contributed by atoms with E-state index in [1.165, 1.54) is 52.1 Å². The second kappa shape index (κ2) is 8.47. The zero-order valence-electron chi connectivity index (χ0n) is 14.4. The molecule has 4 heteroatoms. The first kappa shape index (κ1) is 17.2. The maximum atomic E-state index is 5.85. The molecule has 21 heavy (non-hydrogen) atoms. The molecule has 0 aromatic carbocycles. The van der Waals surface area contributed by atoms with Crippen LogP contribution in [-0.2, 0) is 4.74 Å². The molecule has 0 bridgehead atoms. The lowest BCUT2D eigenvalue weighted by Crippen LogP contribution is -2.54. The van der Waals surface area contributed by atoms with Crippen LogP contribution >= 0.6 is 0 Å². The van der Waals surface area contributed by atoms with E-state index in [1.807, 2.05) is 0 Å². The Morgan fingerprint density at radius 2 is 1.86 bits per heavy atom. The first-order chi connectivity index (χ1) is 10.1. The monoisotopic (exact) mass is 297 g/mol. The zero-order chi connectivity index (χ0) is 15.1. The van der Waals surface area contributed by atoms with E-state index < -0.39 is 0 Å². The van der Waals surface area contributed by atoms with Crippen molar-refractivity contribution in [1.29, 1.82) is 0 Å². The molecule has 2 saturated heterocycles. The van der Waals surface area contributed by atoms with Crippen LogP contribution in [0.3, 0.4) is 0 Å². The molecule has 0 aromatic heterocycles. The average molecular weight is 297 g/mol. The highest BCUT2D eigenvalue weighted by Crippen LogP contribution is 2.29. The third kappa shape index (κ3) is 5.51. The highest BCUT2D eigenvalue weighted by molar-refractivity contribution is 4.88. The van der Waals surface area contributed by atoms with Crippen LogP contribution in [0.1, 0.15) is 33.6 Å². The molecule has 0 amide bonds. The van der Waals surface area contributed by atoms with Gasteiger partial charge in [-0.1, -0.05) is 20.8 Å². The van der Waals surface area contributed by atoms with E-state index in [-0.39, 0.29) is 0 Å². The summed E-state index contributed by atoms with van der Waals surface area (Å²) in [5, 5.41) is 3.69. The predicted molar refractivity (Wildman–Crippen MR) is 88.7 cm³/mol. The summed E-state index contributed by atoms with van der Waals surface area (Å²) in [6.07, 6.45) is 2.53. The first-order valence-electron chi connectivity index (χ1n) is 8.87. The lowest BCUT2D eigenvalue weighted by atomic mass is 9.81. The molecule has 2 aliphatic rings. The van der Waals surface area contributed by atoms with Crippen LogP contribution in [0, 0.1) is 11.3 Å². The Balaban J connectivity index is 1.84. The maximum Gasteiger partial charge on any atom is 0.0546 e. The molecule has 0 aromatic rings. The van der Waals surface area contributed by atoms with Gasteiger partial charge in [-0.15, -0.1) is 0 Å². The number of likely N-dealkylation sites (N-methyl/N-ethyl adjacent to an activating group) is 1. The number of hydrogen-bond acceptors (Lipinski definition) is 4. The first-order valence-corrected chi connectivity index (χ1v) is 8.87. The summed E-state index contributed by atoms with van der Waals surface area (Å²) in [5.74, 6) is 0.722. The SMILES string of the molecule is CCN1CCN(CC2(CNCC(C)C)CCCOC2)CC1. The van der Waals surface area contributed by atoms with Crippen molar-refractivity contribution < 1.29 is 4.74 Å². The van der Waals surface area contributed by atoms with Gasteiger partial charge in [0.1, 0.15) is 0 Å². The lowest BCUT2D eigenvalue weighted by molar-refractivity contribution is -0.0328. The molecule has 4 nitrogen and oxygen atoms in total. The number of piperazine rings is 1. The van der Waals surface area contributed by atoms with Crippen LogP contribution in [0.25, 0.3) is 0 Å².